The quantitative estimate of drug-likeness (QED) is 0.435. The third-order valence-electron chi connectivity index (χ3n) is 4.19. The Labute approximate surface area is 156 Å². The van der Waals surface area contributed by atoms with E-state index in [2.05, 4.69) is 32.9 Å². The predicted molar refractivity (Wildman–Crippen MR) is 104 cm³/mol. The molecule has 132 valence electrons. The van der Waals surface area contributed by atoms with E-state index in [-0.39, 0.29) is 5.82 Å². The molecule has 1 saturated carbocycles. The molecule has 0 amide bonds. The Hall–Kier alpha value is -1.88. The topological polar surface area (TPSA) is 24.8 Å². The standard InChI is InChI=1S/C20H22BrFN2O/c1-13-7-20(25-18-9-16(21)8-17(22)10-18)14(2)6-19(13)23-12-24(3)11-15-4-5-15/h6-10,12,15H,4-5,11H2,1-3H3. The molecule has 0 spiro atoms. The molecular formula is C20H22BrFN2O. The average molecular weight is 405 g/mol. The SMILES string of the molecule is Cc1cc(Oc2cc(F)cc(Br)c2)c(C)cc1N=CN(C)CC1CC1. The molecule has 1 fully saturated rings. The van der Waals surface area contributed by atoms with E-state index in [1.54, 1.807) is 6.07 Å². The molecule has 0 bridgehead atoms. The van der Waals surface area contributed by atoms with Gasteiger partial charge in [-0.3, -0.25) is 0 Å². The van der Waals surface area contributed by atoms with Crippen LogP contribution in [0.3, 0.4) is 0 Å². The van der Waals surface area contributed by atoms with Gasteiger partial charge in [-0.2, -0.15) is 0 Å². The highest BCUT2D eigenvalue weighted by atomic mass is 79.9. The van der Waals surface area contributed by atoms with E-state index in [4.69, 9.17) is 4.74 Å². The number of hydrogen-bond acceptors (Lipinski definition) is 2. The van der Waals surface area contributed by atoms with Crippen LogP contribution >= 0.6 is 15.9 Å². The largest absolute Gasteiger partial charge is 0.457 e. The van der Waals surface area contributed by atoms with E-state index >= 15 is 0 Å². The molecule has 25 heavy (non-hydrogen) atoms. The van der Waals surface area contributed by atoms with Crippen LogP contribution in [0, 0.1) is 25.6 Å². The lowest BCUT2D eigenvalue weighted by Gasteiger charge is -2.14. The predicted octanol–water partition coefficient (Wildman–Crippen LogP) is 6.00. The van der Waals surface area contributed by atoms with E-state index in [0.717, 1.165) is 29.3 Å². The number of benzene rings is 2. The Bertz CT molecular complexity index is 782. The highest BCUT2D eigenvalue weighted by Crippen LogP contribution is 2.33. The van der Waals surface area contributed by atoms with Crippen LogP contribution in [0.25, 0.3) is 0 Å². The van der Waals surface area contributed by atoms with Crippen molar-refractivity contribution in [3.8, 4) is 11.5 Å². The van der Waals surface area contributed by atoms with Gasteiger partial charge < -0.3 is 9.64 Å². The molecule has 0 N–H and O–H groups in total. The molecule has 2 aromatic rings. The number of nitrogens with zero attached hydrogens (tertiary/aromatic N) is 2. The Morgan fingerprint density at radius 3 is 2.64 bits per heavy atom. The van der Waals surface area contributed by atoms with E-state index in [1.165, 1.54) is 25.0 Å². The minimum atomic E-state index is -0.335. The fraction of sp³-hybridized carbons (Fsp3) is 0.350. The van der Waals surface area contributed by atoms with Crippen molar-refractivity contribution >= 4 is 28.0 Å². The monoisotopic (exact) mass is 404 g/mol. The summed E-state index contributed by atoms with van der Waals surface area (Å²) in [6.07, 6.45) is 4.56. The first-order valence-electron chi connectivity index (χ1n) is 8.40. The van der Waals surface area contributed by atoms with Gasteiger partial charge in [-0.1, -0.05) is 15.9 Å². The summed E-state index contributed by atoms with van der Waals surface area (Å²) in [4.78, 5) is 6.74. The maximum absolute atomic E-state index is 13.5. The van der Waals surface area contributed by atoms with Crippen molar-refractivity contribution in [2.24, 2.45) is 10.9 Å². The van der Waals surface area contributed by atoms with Gasteiger partial charge in [0.05, 0.1) is 12.0 Å². The summed E-state index contributed by atoms with van der Waals surface area (Å²) < 4.78 is 20.0. The summed E-state index contributed by atoms with van der Waals surface area (Å²) in [5.74, 6) is 1.68. The van der Waals surface area contributed by atoms with Crippen molar-refractivity contribution in [2.75, 3.05) is 13.6 Å². The third kappa shape index (κ3) is 5.05. The van der Waals surface area contributed by atoms with Crippen LogP contribution < -0.4 is 4.74 Å². The summed E-state index contributed by atoms with van der Waals surface area (Å²) in [5, 5.41) is 0. The van der Waals surface area contributed by atoms with Crippen molar-refractivity contribution in [2.45, 2.75) is 26.7 Å². The first-order valence-corrected chi connectivity index (χ1v) is 9.19. The molecule has 1 aliphatic rings. The van der Waals surface area contributed by atoms with Crippen molar-refractivity contribution in [1.29, 1.82) is 0 Å². The number of aliphatic imine (C=N–C) groups is 1. The number of rotatable bonds is 6. The Morgan fingerprint density at radius 2 is 1.96 bits per heavy atom. The van der Waals surface area contributed by atoms with Gasteiger partial charge in [-0.25, -0.2) is 9.38 Å². The second-order valence-corrected chi connectivity index (χ2v) is 7.65. The summed E-state index contributed by atoms with van der Waals surface area (Å²) in [5.41, 5.74) is 2.91. The number of aryl methyl sites for hydroxylation is 2. The molecule has 0 aromatic heterocycles. The summed E-state index contributed by atoms with van der Waals surface area (Å²) >= 11 is 3.28. The van der Waals surface area contributed by atoms with Crippen molar-refractivity contribution in [1.82, 2.24) is 4.90 Å². The molecule has 0 aliphatic heterocycles. The second-order valence-electron chi connectivity index (χ2n) is 6.74. The first-order chi connectivity index (χ1) is 11.9. The van der Waals surface area contributed by atoms with Gasteiger partial charge in [0.15, 0.2) is 0 Å². The van der Waals surface area contributed by atoms with Crippen LogP contribution in [0.2, 0.25) is 0 Å². The van der Waals surface area contributed by atoms with Gasteiger partial charge in [0, 0.05) is 24.1 Å². The second kappa shape index (κ2) is 7.56. The van der Waals surface area contributed by atoms with E-state index in [1.807, 2.05) is 32.3 Å². The molecule has 0 radical (unpaired) electrons. The Kier molecular flexibility index (Phi) is 5.42. The zero-order chi connectivity index (χ0) is 18.0. The number of ether oxygens (including phenoxy) is 1. The molecule has 3 nitrogen and oxygen atoms in total. The van der Waals surface area contributed by atoms with Gasteiger partial charge in [-0.15, -0.1) is 0 Å². The van der Waals surface area contributed by atoms with Crippen LogP contribution in [-0.2, 0) is 0 Å². The van der Waals surface area contributed by atoms with E-state index in [0.29, 0.717) is 16.0 Å². The molecule has 0 unspecified atom stereocenters. The van der Waals surface area contributed by atoms with Gasteiger partial charge in [0.1, 0.15) is 17.3 Å². The molecule has 0 atom stereocenters. The van der Waals surface area contributed by atoms with E-state index in [9.17, 15) is 4.39 Å². The number of halogens is 2. The third-order valence-corrected chi connectivity index (χ3v) is 4.65. The van der Waals surface area contributed by atoms with Crippen LogP contribution in [0.1, 0.15) is 24.0 Å². The highest BCUT2D eigenvalue weighted by Gasteiger charge is 2.21. The maximum atomic E-state index is 13.5. The fourth-order valence-electron chi connectivity index (χ4n) is 2.65. The van der Waals surface area contributed by atoms with Crippen molar-refractivity contribution in [3.63, 3.8) is 0 Å². The van der Waals surface area contributed by atoms with Crippen molar-refractivity contribution in [3.05, 3.63) is 51.7 Å². The van der Waals surface area contributed by atoms with Crippen LogP contribution in [0.5, 0.6) is 11.5 Å². The molecule has 0 saturated heterocycles. The lowest BCUT2D eigenvalue weighted by Crippen LogP contribution is -2.18. The van der Waals surface area contributed by atoms with Gasteiger partial charge >= 0.3 is 0 Å². The van der Waals surface area contributed by atoms with Crippen molar-refractivity contribution < 1.29 is 9.13 Å². The zero-order valence-electron chi connectivity index (χ0n) is 14.7. The normalized spacial score (nSPS) is 14.1. The molecule has 3 rings (SSSR count). The highest BCUT2D eigenvalue weighted by molar-refractivity contribution is 9.10. The Balaban J connectivity index is 1.76. The lowest BCUT2D eigenvalue weighted by molar-refractivity contribution is 0.472. The van der Waals surface area contributed by atoms with Crippen LogP contribution in [0.15, 0.2) is 39.8 Å². The minimum absolute atomic E-state index is 0.335. The maximum Gasteiger partial charge on any atom is 0.131 e. The minimum Gasteiger partial charge on any atom is -0.457 e. The van der Waals surface area contributed by atoms with Gasteiger partial charge in [-0.05, 0) is 68.0 Å². The van der Waals surface area contributed by atoms with Gasteiger partial charge in [0.25, 0.3) is 0 Å². The summed E-state index contributed by atoms with van der Waals surface area (Å²) in [7, 11) is 2.06. The molecular weight excluding hydrogens is 383 g/mol. The molecule has 2 aromatic carbocycles. The molecule has 0 heterocycles. The fourth-order valence-corrected chi connectivity index (χ4v) is 3.10. The van der Waals surface area contributed by atoms with Crippen LogP contribution in [-0.4, -0.2) is 24.8 Å². The van der Waals surface area contributed by atoms with Crippen LogP contribution in [0.4, 0.5) is 10.1 Å². The van der Waals surface area contributed by atoms with E-state index < -0.39 is 0 Å². The number of hydrogen-bond donors (Lipinski definition) is 0. The van der Waals surface area contributed by atoms with Gasteiger partial charge in [0.2, 0.25) is 0 Å². The molecule has 5 heteroatoms. The smallest absolute Gasteiger partial charge is 0.131 e. The lowest BCUT2D eigenvalue weighted by atomic mass is 10.1. The summed E-state index contributed by atoms with van der Waals surface area (Å²) in [6.45, 7) is 5.04. The Morgan fingerprint density at radius 1 is 1.20 bits per heavy atom. The zero-order valence-corrected chi connectivity index (χ0v) is 16.3. The summed E-state index contributed by atoms with van der Waals surface area (Å²) in [6, 6.07) is 8.47. The average Bonchev–Trinajstić information content (AvgIpc) is 3.32. The molecule has 1 aliphatic carbocycles. The first kappa shape index (κ1) is 17.9.